The van der Waals surface area contributed by atoms with Gasteiger partial charge in [0.25, 0.3) is 5.91 Å². The molecule has 250 valence electrons. The number of rotatable bonds is 4. The normalized spacial score (nSPS) is 21.0. The van der Waals surface area contributed by atoms with E-state index in [9.17, 15) is 9.59 Å². The number of hydrogen-bond donors (Lipinski definition) is 1. The molecular weight excluding hydrogens is 718 g/mol. The van der Waals surface area contributed by atoms with Crippen LogP contribution in [0.15, 0.2) is 62.3 Å². The molecule has 1 aromatic carbocycles. The average molecular weight is 772 g/mol. The maximum absolute atomic E-state index is 13.1. The van der Waals surface area contributed by atoms with Crippen LogP contribution in [0.4, 0.5) is 4.79 Å². The molecule has 1 aliphatic carbocycles. The number of aryl methyl sites for hydroxylation is 2. The van der Waals surface area contributed by atoms with Crippen LogP contribution in [-0.4, -0.2) is 74.4 Å². The van der Waals surface area contributed by atoms with Gasteiger partial charge in [0.2, 0.25) is 0 Å². The smallest absolute Gasteiger partial charge is 0.317 e. The average Bonchev–Trinajstić information content (AvgIpc) is 3.33. The number of hydrogen-bond acceptors (Lipinski definition) is 3. The van der Waals surface area contributed by atoms with Crippen molar-refractivity contribution in [3.05, 3.63) is 79.0 Å². The molecule has 6 nitrogen and oxygen atoms in total. The Kier molecular flexibility index (Phi) is 18.0. The minimum atomic E-state index is -0.607. The second-order valence-electron chi connectivity index (χ2n) is 10.9. The maximum atomic E-state index is 13.1. The van der Waals surface area contributed by atoms with E-state index in [1.54, 1.807) is 11.9 Å². The number of allylic oxidation sites excluding steroid dienone is 5. The molecule has 3 amide bonds. The van der Waals surface area contributed by atoms with Crippen LogP contribution in [0, 0.1) is 26.7 Å². The first-order valence-corrected chi connectivity index (χ1v) is 20.3. The number of amides is 3. The third-order valence-electron chi connectivity index (χ3n) is 7.87. The number of likely N-dealkylation sites (tertiary alicyclic amines) is 1. The molecule has 0 spiro atoms. The number of nitrogens with zero attached hydrogens (tertiary/aromatic N) is 3. The number of halogens is 3. The van der Waals surface area contributed by atoms with Crippen molar-refractivity contribution in [2.24, 2.45) is 0 Å². The summed E-state index contributed by atoms with van der Waals surface area (Å²) in [6.45, 7) is 15.8. The number of urea groups is 1. The molecule has 3 heterocycles. The summed E-state index contributed by atoms with van der Waals surface area (Å²) >= 11 is 11.8. The Morgan fingerprint density at radius 2 is 1.69 bits per heavy atom. The molecule has 0 unspecified atom stereocenters. The van der Waals surface area contributed by atoms with E-state index >= 15 is 0 Å². The van der Waals surface area contributed by atoms with E-state index in [0.717, 1.165) is 29.2 Å². The second kappa shape index (κ2) is 20.0. The Balaban J connectivity index is 0.000000496. The molecule has 0 aromatic heterocycles. The number of carbonyl (C=O) groups excluding carboxylic acids is 2. The Labute approximate surface area is 290 Å². The standard InChI is InChI=1S/C21H25Cl2N3O2.C10H16IN.C2H6.C2H2.CH4/c1-13-8-14(2)10-16(9-13)20(27)25-6-7-26(21(28)24-3)19(12-25)15-4-5-17(22)18(23)11-15;1-9-4-5-10(2)12(9)8-11-6-3-7-11;2*1-2;/h8-11,19H,4-7,12H2,1-3H3,(H,24,28);3,6,10H,1,4-5,7-8H2,2H3;1-2H3;1-2H;1H4/t19-;10-;;;/m01.../s1. The van der Waals surface area contributed by atoms with E-state index in [1.165, 1.54) is 27.5 Å². The van der Waals surface area contributed by atoms with Crippen molar-refractivity contribution in [3.63, 3.8) is 0 Å². The largest absolute Gasteiger partial charge is 0.341 e. The molecule has 5 rings (SSSR count). The Bertz CT molecular complexity index is 1270. The number of piperazine rings is 1. The summed E-state index contributed by atoms with van der Waals surface area (Å²) in [7, 11) is 1.62. The quantitative estimate of drug-likeness (QED) is 0.144. The fourth-order valence-electron chi connectivity index (χ4n) is 5.56. The van der Waals surface area contributed by atoms with E-state index in [1.807, 2.05) is 56.9 Å². The van der Waals surface area contributed by atoms with Gasteiger partial charge in [-0.1, -0.05) is 61.7 Å². The van der Waals surface area contributed by atoms with Crippen LogP contribution in [0.3, 0.4) is 0 Å². The van der Waals surface area contributed by atoms with Gasteiger partial charge in [-0.3, -0.25) is 4.79 Å². The zero-order valence-corrected chi connectivity index (χ0v) is 30.8. The van der Waals surface area contributed by atoms with E-state index < -0.39 is 19.8 Å². The molecule has 9 heteroatoms. The van der Waals surface area contributed by atoms with Gasteiger partial charge < -0.3 is 15.1 Å². The van der Waals surface area contributed by atoms with Crippen LogP contribution in [0.2, 0.25) is 0 Å². The van der Waals surface area contributed by atoms with Crippen molar-refractivity contribution >= 4 is 55.0 Å². The molecule has 1 aromatic rings. The molecule has 2 fully saturated rings. The number of nitrogens with one attached hydrogen (secondary N) is 1. The Hall–Kier alpha value is -2.41. The SMILES string of the molecule is C.C#C.C=C1CC[C@@H](C)N1CI1C=CC1.CC.CNC(=O)N1CCN(C(=O)c2cc(C)cc(C)c2)C[C@H]1C1=CC(Cl)=C(Cl)CC1. The van der Waals surface area contributed by atoms with Gasteiger partial charge >= 0.3 is 88.0 Å². The van der Waals surface area contributed by atoms with Crippen molar-refractivity contribution in [2.75, 3.05) is 35.7 Å². The van der Waals surface area contributed by atoms with Crippen LogP contribution >= 0.6 is 43.0 Å². The first kappa shape index (κ1) is 40.6. The number of benzene rings is 1. The topological polar surface area (TPSA) is 55.9 Å². The van der Waals surface area contributed by atoms with Gasteiger partial charge in [-0.05, 0) is 50.5 Å². The van der Waals surface area contributed by atoms with Crippen molar-refractivity contribution in [1.82, 2.24) is 20.0 Å². The molecular formula is C36H53Cl2IN4O2. The van der Waals surface area contributed by atoms with E-state index in [4.69, 9.17) is 23.2 Å². The van der Waals surface area contributed by atoms with Crippen molar-refractivity contribution in [3.8, 4) is 12.8 Å². The zero-order valence-electron chi connectivity index (χ0n) is 27.1. The van der Waals surface area contributed by atoms with Crippen LogP contribution in [0.25, 0.3) is 0 Å². The number of carbonyl (C=O) groups is 2. The summed E-state index contributed by atoms with van der Waals surface area (Å²) in [5.41, 5.74) is 5.22. The predicted molar refractivity (Wildman–Crippen MR) is 203 cm³/mol. The third-order valence-corrected chi connectivity index (χ3v) is 13.5. The van der Waals surface area contributed by atoms with Crippen LogP contribution in [-0.2, 0) is 0 Å². The molecule has 2 atom stereocenters. The predicted octanol–water partition coefficient (Wildman–Crippen LogP) is 9.07. The number of alkyl halides is 2. The fourth-order valence-corrected chi connectivity index (χ4v) is 9.78. The minimum absolute atomic E-state index is 0. The molecule has 0 radical (unpaired) electrons. The van der Waals surface area contributed by atoms with Gasteiger partial charge in [0.1, 0.15) is 0 Å². The van der Waals surface area contributed by atoms with Crippen molar-refractivity contribution in [2.45, 2.75) is 79.8 Å². The third kappa shape index (κ3) is 11.1. The minimum Gasteiger partial charge on any atom is -0.341 e. The number of terminal acetylenes is 1. The zero-order chi connectivity index (χ0) is 33.0. The molecule has 4 aliphatic rings. The monoisotopic (exact) mass is 770 g/mol. The fraction of sp³-hybridized carbons (Fsp3) is 0.500. The van der Waals surface area contributed by atoms with Gasteiger partial charge in [-0.25, -0.2) is 4.79 Å². The van der Waals surface area contributed by atoms with Gasteiger partial charge in [-0.15, -0.1) is 12.8 Å². The van der Waals surface area contributed by atoms with Crippen molar-refractivity contribution < 1.29 is 9.59 Å². The van der Waals surface area contributed by atoms with E-state index in [0.29, 0.717) is 41.7 Å². The first-order chi connectivity index (χ1) is 21.1. The summed E-state index contributed by atoms with van der Waals surface area (Å²) < 4.78 is 5.27. The molecule has 2 saturated heterocycles. The summed E-state index contributed by atoms with van der Waals surface area (Å²) in [6, 6.07) is 6.27. The molecule has 45 heavy (non-hydrogen) atoms. The van der Waals surface area contributed by atoms with E-state index in [2.05, 4.69) is 46.7 Å². The maximum Gasteiger partial charge on any atom is 0.317 e. The first-order valence-electron chi connectivity index (χ1n) is 15.2. The van der Waals surface area contributed by atoms with Crippen LogP contribution < -0.4 is 5.32 Å². The van der Waals surface area contributed by atoms with Gasteiger partial charge in [0.05, 0.1) is 11.1 Å². The summed E-state index contributed by atoms with van der Waals surface area (Å²) in [5, 5.41) is 3.85. The van der Waals surface area contributed by atoms with Crippen molar-refractivity contribution in [1.29, 1.82) is 0 Å². The summed E-state index contributed by atoms with van der Waals surface area (Å²) in [5.74, 6) is -0.00978. The van der Waals surface area contributed by atoms with Gasteiger partial charge in [0, 0.05) is 37.3 Å². The summed E-state index contributed by atoms with van der Waals surface area (Å²) in [4.78, 5) is 31.7. The van der Waals surface area contributed by atoms with Crippen LogP contribution in [0.1, 0.15) is 75.4 Å². The summed E-state index contributed by atoms with van der Waals surface area (Å²) in [6.07, 6.45) is 16.1. The molecule has 3 aliphatic heterocycles. The van der Waals surface area contributed by atoms with Crippen LogP contribution in [0.5, 0.6) is 0 Å². The second-order valence-corrected chi connectivity index (χ2v) is 16.9. The van der Waals surface area contributed by atoms with Gasteiger partial charge in [0.15, 0.2) is 0 Å². The Morgan fingerprint density at radius 3 is 2.18 bits per heavy atom. The van der Waals surface area contributed by atoms with Gasteiger partial charge in [-0.2, -0.15) is 0 Å². The Morgan fingerprint density at radius 1 is 1.07 bits per heavy atom. The molecule has 1 N–H and O–H groups in total. The van der Waals surface area contributed by atoms with E-state index in [-0.39, 0.29) is 25.4 Å². The molecule has 0 saturated carbocycles. The molecule has 0 bridgehead atoms.